The molecule has 2 heterocycles. The molecule has 0 aliphatic heterocycles. The van der Waals surface area contributed by atoms with Crippen molar-refractivity contribution in [3.63, 3.8) is 0 Å². The molecule has 2 N–H and O–H groups in total. The second kappa shape index (κ2) is 5.51. The van der Waals surface area contributed by atoms with Gasteiger partial charge >= 0.3 is 0 Å². The van der Waals surface area contributed by atoms with Crippen LogP contribution in [0.4, 0.5) is 5.82 Å². The Bertz CT molecular complexity index is 572. The quantitative estimate of drug-likeness (QED) is 0.904. The topological polar surface area (TPSA) is 83.2 Å². The Kier molecular flexibility index (Phi) is 3.79. The summed E-state index contributed by atoms with van der Waals surface area (Å²) >= 11 is 0. The van der Waals surface area contributed by atoms with Crippen molar-refractivity contribution < 1.29 is 9.47 Å². The van der Waals surface area contributed by atoms with Crippen LogP contribution in [0.25, 0.3) is 11.3 Å². The van der Waals surface area contributed by atoms with Gasteiger partial charge in [0, 0.05) is 11.8 Å². The minimum atomic E-state index is 0.0782. The largest absolute Gasteiger partial charge is 0.491 e. The van der Waals surface area contributed by atoms with Gasteiger partial charge in [-0.1, -0.05) is 0 Å². The zero-order valence-electron chi connectivity index (χ0n) is 11.1. The molecule has 0 amide bonds. The number of nitrogens with two attached hydrogens (primary N) is 1. The second-order valence-electron chi connectivity index (χ2n) is 4.22. The van der Waals surface area contributed by atoms with Crippen LogP contribution in [-0.2, 0) is 0 Å². The maximum Gasteiger partial charge on any atom is 0.187 e. The minimum Gasteiger partial charge on any atom is -0.491 e. The van der Waals surface area contributed by atoms with E-state index in [9.17, 15) is 0 Å². The smallest absolute Gasteiger partial charge is 0.187 e. The summed E-state index contributed by atoms with van der Waals surface area (Å²) in [5.41, 5.74) is 7.12. The van der Waals surface area contributed by atoms with Crippen LogP contribution >= 0.6 is 0 Å². The summed E-state index contributed by atoms with van der Waals surface area (Å²) in [5.74, 6) is 1.40. The van der Waals surface area contributed by atoms with Crippen LogP contribution in [0.5, 0.6) is 11.5 Å². The number of methoxy groups -OCH3 is 1. The first-order chi connectivity index (χ1) is 9.11. The standard InChI is InChI=1S/C13H16N4O2/c1-8(2)19-10-4-9(5-15-6-10)11-12(18-3)13(14)17-7-16-11/h4-8H,1-3H3,(H2,14,16,17). The summed E-state index contributed by atoms with van der Waals surface area (Å²) in [6.07, 6.45) is 4.80. The number of nitrogens with zero attached hydrogens (tertiary/aromatic N) is 3. The third kappa shape index (κ3) is 2.90. The van der Waals surface area contributed by atoms with Crippen molar-refractivity contribution in [3.8, 4) is 22.8 Å². The average Bonchev–Trinajstić information content (AvgIpc) is 2.38. The first-order valence-electron chi connectivity index (χ1n) is 5.88. The second-order valence-corrected chi connectivity index (χ2v) is 4.22. The molecule has 0 unspecified atom stereocenters. The number of hydrogen-bond acceptors (Lipinski definition) is 6. The van der Waals surface area contributed by atoms with Gasteiger partial charge in [-0.2, -0.15) is 0 Å². The summed E-state index contributed by atoms with van der Waals surface area (Å²) in [6.45, 7) is 3.91. The van der Waals surface area contributed by atoms with E-state index in [2.05, 4.69) is 15.0 Å². The van der Waals surface area contributed by atoms with Crippen LogP contribution in [0.3, 0.4) is 0 Å². The molecule has 0 aromatic carbocycles. The highest BCUT2D eigenvalue weighted by Gasteiger charge is 2.13. The van der Waals surface area contributed by atoms with Crippen molar-refractivity contribution in [3.05, 3.63) is 24.8 Å². The highest BCUT2D eigenvalue weighted by molar-refractivity contribution is 5.71. The lowest BCUT2D eigenvalue weighted by Crippen LogP contribution is -2.06. The first kappa shape index (κ1) is 13.1. The number of ether oxygens (including phenoxy) is 2. The molecule has 0 spiro atoms. The zero-order chi connectivity index (χ0) is 13.8. The summed E-state index contributed by atoms with van der Waals surface area (Å²) in [6, 6.07) is 1.84. The zero-order valence-corrected chi connectivity index (χ0v) is 11.1. The third-order valence-corrected chi connectivity index (χ3v) is 2.39. The van der Waals surface area contributed by atoms with Crippen LogP contribution in [0.1, 0.15) is 13.8 Å². The Morgan fingerprint density at radius 1 is 1.21 bits per heavy atom. The van der Waals surface area contributed by atoms with Gasteiger partial charge in [0.2, 0.25) is 0 Å². The van der Waals surface area contributed by atoms with Gasteiger partial charge in [0.25, 0.3) is 0 Å². The molecule has 0 aliphatic rings. The van der Waals surface area contributed by atoms with Crippen molar-refractivity contribution >= 4 is 5.82 Å². The van der Waals surface area contributed by atoms with Crippen molar-refractivity contribution in [2.24, 2.45) is 0 Å². The highest BCUT2D eigenvalue weighted by Crippen LogP contribution is 2.32. The fourth-order valence-corrected chi connectivity index (χ4v) is 1.68. The predicted molar refractivity (Wildman–Crippen MR) is 72.0 cm³/mol. The number of hydrogen-bond donors (Lipinski definition) is 1. The van der Waals surface area contributed by atoms with Crippen molar-refractivity contribution in [2.45, 2.75) is 20.0 Å². The normalized spacial score (nSPS) is 10.5. The lowest BCUT2D eigenvalue weighted by atomic mass is 10.2. The lowest BCUT2D eigenvalue weighted by Gasteiger charge is -2.12. The predicted octanol–water partition coefficient (Wildman–Crippen LogP) is 1.92. The Labute approximate surface area is 111 Å². The van der Waals surface area contributed by atoms with E-state index in [1.54, 1.807) is 12.4 Å². The number of nitrogen functional groups attached to an aromatic ring is 1. The Hall–Kier alpha value is -2.37. The van der Waals surface area contributed by atoms with Gasteiger partial charge in [-0.3, -0.25) is 4.98 Å². The molecule has 0 fully saturated rings. The summed E-state index contributed by atoms with van der Waals surface area (Å²) in [4.78, 5) is 12.2. The van der Waals surface area contributed by atoms with E-state index >= 15 is 0 Å². The number of aromatic nitrogens is 3. The van der Waals surface area contributed by atoms with Crippen molar-refractivity contribution in [1.82, 2.24) is 15.0 Å². The van der Waals surface area contributed by atoms with Gasteiger partial charge in [-0.25, -0.2) is 9.97 Å². The van der Waals surface area contributed by atoms with E-state index < -0.39 is 0 Å². The molecule has 0 bridgehead atoms. The highest BCUT2D eigenvalue weighted by atomic mass is 16.5. The molecule has 0 saturated carbocycles. The van der Waals surface area contributed by atoms with Gasteiger partial charge in [-0.15, -0.1) is 0 Å². The molecule has 2 aromatic heterocycles. The number of rotatable bonds is 4. The first-order valence-corrected chi connectivity index (χ1v) is 5.88. The maximum atomic E-state index is 5.76. The van der Waals surface area contributed by atoms with Gasteiger partial charge in [-0.05, 0) is 19.9 Å². The molecule has 0 saturated heterocycles. The van der Waals surface area contributed by atoms with E-state index in [0.29, 0.717) is 23.0 Å². The van der Waals surface area contributed by atoms with Crippen LogP contribution in [0.2, 0.25) is 0 Å². The Morgan fingerprint density at radius 2 is 2.00 bits per heavy atom. The third-order valence-electron chi connectivity index (χ3n) is 2.39. The number of anilines is 1. The monoisotopic (exact) mass is 260 g/mol. The SMILES string of the molecule is COc1c(N)ncnc1-c1cncc(OC(C)C)c1. The summed E-state index contributed by atoms with van der Waals surface area (Å²) in [5, 5.41) is 0. The molecule has 6 nitrogen and oxygen atoms in total. The van der Waals surface area contributed by atoms with Crippen LogP contribution < -0.4 is 15.2 Å². The summed E-state index contributed by atoms with van der Waals surface area (Å²) < 4.78 is 10.8. The lowest BCUT2D eigenvalue weighted by molar-refractivity contribution is 0.241. The molecular weight excluding hydrogens is 244 g/mol. The molecular formula is C13H16N4O2. The Balaban J connectivity index is 2.44. The van der Waals surface area contributed by atoms with E-state index in [-0.39, 0.29) is 6.10 Å². The maximum absolute atomic E-state index is 5.76. The fraction of sp³-hybridized carbons (Fsp3) is 0.308. The molecule has 2 rings (SSSR count). The molecule has 19 heavy (non-hydrogen) atoms. The number of pyridine rings is 1. The van der Waals surface area contributed by atoms with Crippen LogP contribution in [-0.4, -0.2) is 28.2 Å². The molecule has 0 atom stereocenters. The van der Waals surface area contributed by atoms with Gasteiger partial charge in [0.1, 0.15) is 17.8 Å². The van der Waals surface area contributed by atoms with Crippen molar-refractivity contribution in [1.29, 1.82) is 0 Å². The molecule has 0 radical (unpaired) electrons. The van der Waals surface area contributed by atoms with Crippen molar-refractivity contribution in [2.75, 3.05) is 12.8 Å². The average molecular weight is 260 g/mol. The van der Waals surface area contributed by atoms with Gasteiger partial charge < -0.3 is 15.2 Å². The molecule has 100 valence electrons. The minimum absolute atomic E-state index is 0.0782. The van der Waals surface area contributed by atoms with E-state index in [1.807, 2.05) is 19.9 Å². The summed E-state index contributed by atoms with van der Waals surface area (Å²) in [7, 11) is 1.53. The van der Waals surface area contributed by atoms with E-state index in [0.717, 1.165) is 5.56 Å². The van der Waals surface area contributed by atoms with Gasteiger partial charge in [0.05, 0.1) is 19.4 Å². The van der Waals surface area contributed by atoms with E-state index in [4.69, 9.17) is 15.2 Å². The molecule has 0 aliphatic carbocycles. The molecule has 6 heteroatoms. The fourth-order valence-electron chi connectivity index (χ4n) is 1.68. The van der Waals surface area contributed by atoms with Crippen LogP contribution in [0.15, 0.2) is 24.8 Å². The Morgan fingerprint density at radius 3 is 2.68 bits per heavy atom. The molecule has 2 aromatic rings. The van der Waals surface area contributed by atoms with E-state index in [1.165, 1.54) is 13.4 Å². The van der Waals surface area contributed by atoms with Gasteiger partial charge in [0.15, 0.2) is 11.6 Å². The van der Waals surface area contributed by atoms with Crippen LogP contribution in [0, 0.1) is 0 Å².